The van der Waals surface area contributed by atoms with Crippen molar-refractivity contribution in [3.63, 3.8) is 0 Å². The van der Waals surface area contributed by atoms with E-state index in [9.17, 15) is 5.26 Å². The highest BCUT2D eigenvalue weighted by Crippen LogP contribution is 2.33. The van der Waals surface area contributed by atoms with E-state index in [2.05, 4.69) is 71.3 Å². The Morgan fingerprint density at radius 1 is 0.377 bits per heavy atom. The normalized spacial score (nSPS) is 11.0. The second-order valence-corrected chi connectivity index (χ2v) is 12.7. The molecule has 9 rings (SSSR count). The average Bonchev–Trinajstić information content (AvgIpc) is 3.64. The Bertz CT molecular complexity index is 2690. The van der Waals surface area contributed by atoms with Crippen LogP contribution in [0.3, 0.4) is 0 Å². The van der Waals surface area contributed by atoms with E-state index < -0.39 is 0 Å². The van der Waals surface area contributed by atoms with Gasteiger partial charge in [0.25, 0.3) is 0 Å². The van der Waals surface area contributed by atoms with Crippen LogP contribution in [-0.4, -0.2) is 24.5 Å². The van der Waals surface area contributed by atoms with E-state index in [4.69, 9.17) is 19.9 Å². The zero-order chi connectivity index (χ0) is 35.6. The molecule has 0 saturated heterocycles. The molecule has 0 bridgehead atoms. The minimum atomic E-state index is 0.593. The first-order valence-electron chi connectivity index (χ1n) is 17.4. The van der Waals surface area contributed by atoms with Crippen LogP contribution < -0.4 is 0 Å². The van der Waals surface area contributed by atoms with E-state index in [1.807, 2.05) is 121 Å². The summed E-state index contributed by atoms with van der Waals surface area (Å²) in [5.41, 5.74) is 11.3. The Morgan fingerprint density at radius 2 is 0.811 bits per heavy atom. The van der Waals surface area contributed by atoms with Gasteiger partial charge in [0, 0.05) is 27.9 Å². The van der Waals surface area contributed by atoms with Gasteiger partial charge in [-0.3, -0.25) is 4.57 Å². The summed E-state index contributed by atoms with van der Waals surface area (Å²) in [6, 6.07) is 63.4. The Balaban J connectivity index is 1.06. The maximum absolute atomic E-state index is 10.0. The summed E-state index contributed by atoms with van der Waals surface area (Å²) in [6.45, 7) is 0. The summed E-state index contributed by atoms with van der Waals surface area (Å²) in [5, 5.41) is 10.0. The molecule has 6 nitrogen and oxygen atoms in total. The molecule has 0 atom stereocenters. The molecule has 0 N–H and O–H groups in total. The zero-order valence-electron chi connectivity index (χ0n) is 28.5. The Labute approximate surface area is 307 Å². The first kappa shape index (κ1) is 31.5. The fraction of sp³-hybridized carbons (Fsp3) is 0. The van der Waals surface area contributed by atoms with Crippen LogP contribution in [0.1, 0.15) is 5.56 Å². The molecular formula is C47H30N6. The number of para-hydroxylation sites is 2. The van der Waals surface area contributed by atoms with Crippen LogP contribution in [0.5, 0.6) is 0 Å². The predicted octanol–water partition coefficient (Wildman–Crippen LogP) is 11.1. The molecule has 248 valence electrons. The van der Waals surface area contributed by atoms with Crippen molar-refractivity contribution in [2.24, 2.45) is 0 Å². The van der Waals surface area contributed by atoms with Crippen LogP contribution in [0.2, 0.25) is 0 Å². The van der Waals surface area contributed by atoms with Crippen molar-refractivity contribution in [1.29, 1.82) is 5.26 Å². The second-order valence-electron chi connectivity index (χ2n) is 12.7. The third-order valence-electron chi connectivity index (χ3n) is 9.29. The van der Waals surface area contributed by atoms with Gasteiger partial charge < -0.3 is 0 Å². The highest BCUT2D eigenvalue weighted by atomic mass is 15.1. The van der Waals surface area contributed by atoms with E-state index in [1.165, 1.54) is 0 Å². The molecule has 0 spiro atoms. The van der Waals surface area contributed by atoms with Gasteiger partial charge in [-0.15, -0.1) is 0 Å². The Morgan fingerprint density at radius 3 is 1.34 bits per heavy atom. The molecule has 2 heterocycles. The lowest BCUT2D eigenvalue weighted by Crippen LogP contribution is -2.00. The fourth-order valence-corrected chi connectivity index (χ4v) is 6.65. The smallest absolute Gasteiger partial charge is 0.164 e. The molecule has 0 aliphatic heterocycles. The number of rotatable bonds is 7. The lowest BCUT2D eigenvalue weighted by Gasteiger charge is -2.12. The topological polar surface area (TPSA) is 80.3 Å². The number of nitrogens with zero attached hydrogens (tertiary/aromatic N) is 6. The maximum atomic E-state index is 10.0. The molecule has 0 aliphatic carbocycles. The van der Waals surface area contributed by atoms with Gasteiger partial charge >= 0.3 is 0 Å². The molecular weight excluding hydrogens is 649 g/mol. The molecule has 53 heavy (non-hydrogen) atoms. The van der Waals surface area contributed by atoms with Crippen molar-refractivity contribution < 1.29 is 0 Å². The highest BCUT2D eigenvalue weighted by molar-refractivity contribution is 5.84. The van der Waals surface area contributed by atoms with Crippen LogP contribution in [0.25, 0.3) is 84.5 Å². The molecule has 0 fully saturated rings. The fourth-order valence-electron chi connectivity index (χ4n) is 6.65. The van der Waals surface area contributed by atoms with Gasteiger partial charge in [0.05, 0.1) is 22.7 Å². The summed E-state index contributed by atoms with van der Waals surface area (Å²) in [4.78, 5) is 19.6. The van der Waals surface area contributed by atoms with Crippen molar-refractivity contribution in [3.05, 3.63) is 188 Å². The summed E-state index contributed by atoms with van der Waals surface area (Å²) in [6.07, 6.45) is 0. The van der Waals surface area contributed by atoms with E-state index >= 15 is 0 Å². The number of hydrogen-bond acceptors (Lipinski definition) is 5. The van der Waals surface area contributed by atoms with Gasteiger partial charge in [-0.05, 0) is 64.7 Å². The third-order valence-corrected chi connectivity index (χ3v) is 9.29. The van der Waals surface area contributed by atoms with Gasteiger partial charge in [0.1, 0.15) is 5.82 Å². The molecule has 9 aromatic rings. The monoisotopic (exact) mass is 678 g/mol. The summed E-state index contributed by atoms with van der Waals surface area (Å²) in [7, 11) is 0. The number of imidazole rings is 1. The molecule has 2 aromatic heterocycles. The number of aromatic nitrogens is 5. The Kier molecular flexibility index (Phi) is 8.12. The van der Waals surface area contributed by atoms with E-state index in [0.29, 0.717) is 23.0 Å². The van der Waals surface area contributed by atoms with Crippen molar-refractivity contribution in [3.8, 4) is 79.6 Å². The van der Waals surface area contributed by atoms with Crippen molar-refractivity contribution in [2.45, 2.75) is 0 Å². The van der Waals surface area contributed by atoms with Gasteiger partial charge in [-0.25, -0.2) is 19.9 Å². The van der Waals surface area contributed by atoms with Crippen LogP contribution in [0.4, 0.5) is 0 Å². The molecule has 0 aliphatic rings. The predicted molar refractivity (Wildman–Crippen MR) is 212 cm³/mol. The second kappa shape index (κ2) is 13.7. The lowest BCUT2D eigenvalue weighted by molar-refractivity contribution is 1.07. The van der Waals surface area contributed by atoms with Crippen molar-refractivity contribution in [1.82, 2.24) is 24.5 Å². The minimum absolute atomic E-state index is 0.593. The molecule has 7 aromatic carbocycles. The lowest BCUT2D eigenvalue weighted by atomic mass is 9.95. The van der Waals surface area contributed by atoms with Crippen LogP contribution in [-0.2, 0) is 0 Å². The first-order chi connectivity index (χ1) is 26.2. The van der Waals surface area contributed by atoms with E-state index in [0.717, 1.165) is 67.1 Å². The molecule has 6 heteroatoms. The van der Waals surface area contributed by atoms with Crippen molar-refractivity contribution >= 4 is 11.0 Å². The summed E-state index contributed by atoms with van der Waals surface area (Å²) < 4.78 is 2.20. The maximum Gasteiger partial charge on any atom is 0.164 e. The van der Waals surface area contributed by atoms with Gasteiger partial charge in [0.2, 0.25) is 0 Å². The third kappa shape index (κ3) is 6.24. The zero-order valence-corrected chi connectivity index (χ0v) is 28.5. The SMILES string of the molecule is N#Cc1cc(-c2ccc(-c3nc(-c4ccccc4)nc(-c4ccccc4)n3)cc2)cc(-c2ccc(-n3c(-c4ccccc4)nc4ccccc43)cc2)c1. The number of fused-ring (bicyclic) bond motifs is 1. The minimum Gasteiger partial charge on any atom is -0.292 e. The molecule has 0 radical (unpaired) electrons. The van der Waals surface area contributed by atoms with Crippen LogP contribution in [0.15, 0.2) is 182 Å². The molecule has 0 saturated carbocycles. The number of hydrogen-bond donors (Lipinski definition) is 0. The van der Waals surface area contributed by atoms with Crippen LogP contribution in [0, 0.1) is 11.3 Å². The van der Waals surface area contributed by atoms with E-state index in [-0.39, 0.29) is 0 Å². The van der Waals surface area contributed by atoms with Gasteiger partial charge in [0.15, 0.2) is 17.5 Å². The van der Waals surface area contributed by atoms with Crippen molar-refractivity contribution in [2.75, 3.05) is 0 Å². The molecule has 0 unspecified atom stereocenters. The standard InChI is InChI=1S/C47H30N6/c48-31-32-28-39(33-20-22-37(23-21-33)46-51-44(35-12-4-1-5-13-35)50-45(52-46)36-14-6-2-7-15-36)30-40(29-32)34-24-26-41(27-25-34)53-43-19-11-10-18-42(43)49-47(53)38-16-8-3-9-17-38/h1-30H. The quantitative estimate of drug-likeness (QED) is 0.168. The Hall–Kier alpha value is -7.49. The average molecular weight is 679 g/mol. The number of benzene rings is 7. The van der Waals surface area contributed by atoms with E-state index in [1.54, 1.807) is 0 Å². The number of nitriles is 1. The summed E-state index contributed by atoms with van der Waals surface area (Å²) >= 11 is 0. The van der Waals surface area contributed by atoms with Gasteiger partial charge in [-0.2, -0.15) is 5.26 Å². The van der Waals surface area contributed by atoms with Gasteiger partial charge in [-0.1, -0.05) is 140 Å². The summed E-state index contributed by atoms with van der Waals surface area (Å²) in [5.74, 6) is 2.72. The molecule has 0 amide bonds. The largest absolute Gasteiger partial charge is 0.292 e. The first-order valence-corrected chi connectivity index (χ1v) is 17.4. The highest BCUT2D eigenvalue weighted by Gasteiger charge is 2.16. The van der Waals surface area contributed by atoms with Crippen LogP contribution >= 0.6 is 0 Å².